The van der Waals surface area contributed by atoms with Gasteiger partial charge in [-0.1, -0.05) is 84.6 Å². The molecule has 1 heterocycles. The number of carbonyl (C=O) groups excluding carboxylic acids is 1. The molecule has 4 nitrogen and oxygen atoms in total. The topological polar surface area (TPSA) is 54.9 Å². The molecule has 0 saturated heterocycles. The molecule has 1 amide bonds. The van der Waals surface area contributed by atoms with Gasteiger partial charge < -0.3 is 5.32 Å². The molecule has 0 spiro atoms. The molecular formula is C18H17N3OS2. The minimum atomic E-state index is -0.0772. The Hall–Kier alpha value is -2.18. The van der Waals surface area contributed by atoms with Gasteiger partial charge in [0.2, 0.25) is 11.0 Å². The first-order valence-corrected chi connectivity index (χ1v) is 9.45. The van der Waals surface area contributed by atoms with E-state index in [1.54, 1.807) is 11.8 Å². The van der Waals surface area contributed by atoms with Gasteiger partial charge in [-0.3, -0.25) is 4.79 Å². The summed E-state index contributed by atoms with van der Waals surface area (Å²) in [7, 11) is 0. The zero-order valence-electron chi connectivity index (χ0n) is 13.2. The van der Waals surface area contributed by atoms with Crippen LogP contribution in [0.1, 0.15) is 12.5 Å². The Labute approximate surface area is 149 Å². The van der Waals surface area contributed by atoms with Crippen molar-refractivity contribution in [3.8, 4) is 11.1 Å². The van der Waals surface area contributed by atoms with Gasteiger partial charge in [0.1, 0.15) is 0 Å². The van der Waals surface area contributed by atoms with Gasteiger partial charge in [-0.15, -0.1) is 10.2 Å². The van der Waals surface area contributed by atoms with Gasteiger partial charge in [0, 0.05) is 0 Å². The third kappa shape index (κ3) is 4.43. The molecule has 122 valence electrons. The Morgan fingerprint density at radius 2 is 1.75 bits per heavy atom. The number of carbonyl (C=O) groups is 1. The van der Waals surface area contributed by atoms with Crippen LogP contribution in [0.15, 0.2) is 58.9 Å². The van der Waals surface area contributed by atoms with Gasteiger partial charge in [0.05, 0.1) is 6.42 Å². The minimum Gasteiger partial charge on any atom is -0.300 e. The average molecular weight is 355 g/mol. The largest absolute Gasteiger partial charge is 0.300 e. The van der Waals surface area contributed by atoms with Crippen molar-refractivity contribution in [2.24, 2.45) is 0 Å². The van der Waals surface area contributed by atoms with Crippen molar-refractivity contribution >= 4 is 34.1 Å². The maximum absolute atomic E-state index is 12.1. The fourth-order valence-corrected chi connectivity index (χ4v) is 3.90. The van der Waals surface area contributed by atoms with Gasteiger partial charge in [0.25, 0.3) is 0 Å². The average Bonchev–Trinajstić information content (AvgIpc) is 3.03. The molecule has 0 fully saturated rings. The maximum atomic E-state index is 12.1. The monoisotopic (exact) mass is 355 g/mol. The van der Waals surface area contributed by atoms with Gasteiger partial charge >= 0.3 is 0 Å². The normalized spacial score (nSPS) is 10.5. The second-order valence-electron chi connectivity index (χ2n) is 5.09. The molecule has 0 aliphatic heterocycles. The molecule has 6 heteroatoms. The number of nitrogens with zero attached hydrogens (tertiary/aromatic N) is 2. The Bertz CT molecular complexity index is 801. The molecule has 1 N–H and O–H groups in total. The van der Waals surface area contributed by atoms with Crippen LogP contribution in [0.25, 0.3) is 11.1 Å². The van der Waals surface area contributed by atoms with Gasteiger partial charge in [-0.05, 0) is 22.4 Å². The molecule has 3 aromatic rings. The summed E-state index contributed by atoms with van der Waals surface area (Å²) in [5.74, 6) is 0.864. The molecule has 0 bridgehead atoms. The maximum Gasteiger partial charge on any atom is 0.230 e. The highest BCUT2D eigenvalue weighted by molar-refractivity contribution is 8.01. The van der Waals surface area contributed by atoms with Crippen molar-refractivity contribution < 1.29 is 4.79 Å². The number of benzene rings is 2. The standard InChI is InChI=1S/C18H17N3OS2/c1-2-23-18-21-20-17(24-18)19-16(22)12-13-8-10-15(11-9-13)14-6-4-3-5-7-14/h3-11H,2,12H2,1H3,(H,19,20,22). The van der Waals surface area contributed by atoms with E-state index in [0.717, 1.165) is 21.2 Å². The number of anilines is 1. The number of thioether (sulfide) groups is 1. The van der Waals surface area contributed by atoms with Crippen molar-refractivity contribution in [1.29, 1.82) is 0 Å². The molecule has 2 aromatic carbocycles. The van der Waals surface area contributed by atoms with Crippen molar-refractivity contribution in [3.63, 3.8) is 0 Å². The summed E-state index contributed by atoms with van der Waals surface area (Å²) >= 11 is 3.03. The lowest BCUT2D eigenvalue weighted by molar-refractivity contribution is -0.115. The van der Waals surface area contributed by atoms with E-state index in [2.05, 4.69) is 34.6 Å². The van der Waals surface area contributed by atoms with Crippen molar-refractivity contribution in [2.75, 3.05) is 11.1 Å². The summed E-state index contributed by atoms with van der Waals surface area (Å²) in [6.45, 7) is 2.06. The molecule has 0 atom stereocenters. The van der Waals surface area contributed by atoms with Crippen LogP contribution in [0.5, 0.6) is 0 Å². The number of hydrogen-bond donors (Lipinski definition) is 1. The van der Waals surface area contributed by atoms with Crippen LogP contribution in [0.4, 0.5) is 5.13 Å². The summed E-state index contributed by atoms with van der Waals surface area (Å²) in [6, 6.07) is 18.2. The summed E-state index contributed by atoms with van der Waals surface area (Å²) in [5.41, 5.74) is 3.29. The third-order valence-electron chi connectivity index (χ3n) is 3.35. The zero-order valence-corrected chi connectivity index (χ0v) is 14.9. The van der Waals surface area contributed by atoms with E-state index in [9.17, 15) is 4.79 Å². The van der Waals surface area contributed by atoms with E-state index >= 15 is 0 Å². The van der Waals surface area contributed by atoms with E-state index in [4.69, 9.17) is 0 Å². The SMILES string of the molecule is CCSc1nnc(NC(=O)Cc2ccc(-c3ccccc3)cc2)s1. The van der Waals surface area contributed by atoms with E-state index in [1.807, 2.05) is 42.5 Å². The highest BCUT2D eigenvalue weighted by Gasteiger charge is 2.09. The van der Waals surface area contributed by atoms with Crippen LogP contribution < -0.4 is 5.32 Å². The fraction of sp³-hybridized carbons (Fsp3) is 0.167. The predicted molar refractivity (Wildman–Crippen MR) is 101 cm³/mol. The Balaban J connectivity index is 1.60. The molecule has 0 aliphatic rings. The Morgan fingerprint density at radius 3 is 2.46 bits per heavy atom. The van der Waals surface area contributed by atoms with E-state index in [1.165, 1.54) is 16.9 Å². The summed E-state index contributed by atoms with van der Waals surface area (Å²) in [6.07, 6.45) is 0.324. The number of aromatic nitrogens is 2. The van der Waals surface area contributed by atoms with Gasteiger partial charge in [0.15, 0.2) is 4.34 Å². The molecule has 0 unspecified atom stereocenters. The lowest BCUT2D eigenvalue weighted by Crippen LogP contribution is -2.14. The highest BCUT2D eigenvalue weighted by atomic mass is 32.2. The van der Waals surface area contributed by atoms with E-state index < -0.39 is 0 Å². The van der Waals surface area contributed by atoms with Crippen molar-refractivity contribution in [3.05, 3.63) is 60.2 Å². The highest BCUT2D eigenvalue weighted by Crippen LogP contribution is 2.25. The molecule has 24 heavy (non-hydrogen) atoms. The molecule has 3 rings (SSSR count). The predicted octanol–water partition coefficient (Wildman–Crippen LogP) is 4.50. The summed E-state index contributed by atoms with van der Waals surface area (Å²) in [4.78, 5) is 12.1. The molecule has 0 aliphatic carbocycles. The lowest BCUT2D eigenvalue weighted by atomic mass is 10.0. The van der Waals surface area contributed by atoms with Gasteiger partial charge in [-0.25, -0.2) is 0 Å². The van der Waals surface area contributed by atoms with Crippen LogP contribution in [0.2, 0.25) is 0 Å². The number of hydrogen-bond acceptors (Lipinski definition) is 5. The van der Waals surface area contributed by atoms with Crippen molar-refractivity contribution in [1.82, 2.24) is 10.2 Å². The lowest BCUT2D eigenvalue weighted by Gasteiger charge is -2.04. The molecular weight excluding hydrogens is 338 g/mol. The molecule has 0 radical (unpaired) electrons. The minimum absolute atomic E-state index is 0.0772. The number of rotatable bonds is 6. The van der Waals surface area contributed by atoms with Crippen LogP contribution >= 0.6 is 23.1 Å². The van der Waals surface area contributed by atoms with E-state index in [0.29, 0.717) is 11.6 Å². The molecule has 0 saturated carbocycles. The van der Waals surface area contributed by atoms with E-state index in [-0.39, 0.29) is 5.91 Å². The fourth-order valence-electron chi connectivity index (χ4n) is 2.24. The number of nitrogens with one attached hydrogen (secondary N) is 1. The van der Waals surface area contributed by atoms with Crippen LogP contribution in [-0.2, 0) is 11.2 Å². The van der Waals surface area contributed by atoms with Gasteiger partial charge in [-0.2, -0.15) is 0 Å². The first-order valence-electron chi connectivity index (χ1n) is 7.65. The van der Waals surface area contributed by atoms with Crippen molar-refractivity contribution in [2.45, 2.75) is 17.7 Å². The Morgan fingerprint density at radius 1 is 1.04 bits per heavy atom. The first kappa shape index (κ1) is 16.7. The summed E-state index contributed by atoms with van der Waals surface area (Å²) < 4.78 is 0.875. The second-order valence-corrected chi connectivity index (χ2v) is 7.58. The second kappa shape index (κ2) is 8.08. The summed E-state index contributed by atoms with van der Waals surface area (Å²) in [5, 5.41) is 11.4. The van der Waals surface area contributed by atoms with Crippen LogP contribution in [0.3, 0.4) is 0 Å². The van der Waals surface area contributed by atoms with Crippen LogP contribution in [-0.4, -0.2) is 21.9 Å². The first-order chi connectivity index (χ1) is 11.7. The van der Waals surface area contributed by atoms with Crippen LogP contribution in [0, 0.1) is 0 Å². The zero-order chi connectivity index (χ0) is 16.8. The third-order valence-corrected chi connectivity index (χ3v) is 5.20. The smallest absolute Gasteiger partial charge is 0.230 e. The number of amides is 1. The molecule has 1 aromatic heterocycles. The Kier molecular flexibility index (Phi) is 5.61. The quantitative estimate of drug-likeness (QED) is 0.522.